The second-order valence-corrected chi connectivity index (χ2v) is 10.4. The molecule has 1 aliphatic carbocycles. The number of aromatic nitrogens is 3. The fraction of sp³-hybridized carbons (Fsp3) is 0.429. The van der Waals surface area contributed by atoms with Gasteiger partial charge in [0.15, 0.2) is 0 Å². The summed E-state index contributed by atoms with van der Waals surface area (Å²) in [4.78, 5) is 14.1. The number of nitrogens with one attached hydrogen (secondary N) is 1. The summed E-state index contributed by atoms with van der Waals surface area (Å²) in [5, 5.41) is 0.973. The van der Waals surface area contributed by atoms with E-state index in [9.17, 15) is 8.42 Å². The minimum atomic E-state index is -3.55. The first kappa shape index (κ1) is 19.5. The van der Waals surface area contributed by atoms with E-state index in [1.54, 1.807) is 17.7 Å². The highest BCUT2D eigenvalue weighted by atomic mass is 32.2. The predicted molar refractivity (Wildman–Crippen MR) is 116 cm³/mol. The Kier molecular flexibility index (Phi) is 4.57. The molecular weight excluding hydrogens is 400 g/mol. The Hall–Kier alpha value is -2.49. The lowest BCUT2D eigenvalue weighted by Gasteiger charge is -2.43. The van der Waals surface area contributed by atoms with Gasteiger partial charge in [0.05, 0.1) is 10.9 Å². The second kappa shape index (κ2) is 7.04. The third-order valence-electron chi connectivity index (χ3n) is 6.21. The molecule has 1 N–H and O–H groups in total. The zero-order valence-electron chi connectivity index (χ0n) is 17.2. The molecule has 0 atom stereocenters. The Morgan fingerprint density at radius 3 is 2.80 bits per heavy atom. The molecular formula is C21H26N6O2S. The van der Waals surface area contributed by atoms with Gasteiger partial charge in [0.25, 0.3) is 10.2 Å². The van der Waals surface area contributed by atoms with Crippen LogP contribution < -0.4 is 4.90 Å². The quantitative estimate of drug-likeness (QED) is 0.677. The fourth-order valence-corrected chi connectivity index (χ4v) is 6.17. The number of H-pyrrole nitrogens is 1. The summed E-state index contributed by atoms with van der Waals surface area (Å²) in [6.45, 7) is 4.11. The topological polar surface area (TPSA) is 85.4 Å². The van der Waals surface area contributed by atoms with Crippen LogP contribution in [0.15, 0.2) is 42.9 Å². The molecule has 2 aliphatic rings. The Labute approximate surface area is 176 Å². The number of aryl methyl sites for hydroxylation is 1. The molecule has 1 spiro atoms. The van der Waals surface area contributed by atoms with Gasteiger partial charge in [-0.15, -0.1) is 0 Å². The first-order valence-corrected chi connectivity index (χ1v) is 11.6. The molecule has 1 saturated heterocycles. The van der Waals surface area contributed by atoms with Gasteiger partial charge in [-0.1, -0.05) is 29.8 Å². The third-order valence-corrected chi connectivity index (χ3v) is 8.25. The number of hydrogen-bond acceptors (Lipinski definition) is 5. The van der Waals surface area contributed by atoms with Crippen LogP contribution in [0, 0.1) is 6.92 Å². The highest BCUT2D eigenvalue weighted by Crippen LogP contribution is 2.47. The smallest absolute Gasteiger partial charge is 0.282 e. The van der Waals surface area contributed by atoms with Crippen LogP contribution in [0.1, 0.15) is 24.0 Å². The highest BCUT2D eigenvalue weighted by molar-refractivity contribution is 7.86. The summed E-state index contributed by atoms with van der Waals surface area (Å²) in [6, 6.07) is 9.97. The molecule has 0 amide bonds. The predicted octanol–water partition coefficient (Wildman–Crippen LogP) is 2.30. The minimum absolute atomic E-state index is 0.342. The molecule has 5 rings (SSSR count). The van der Waals surface area contributed by atoms with Crippen LogP contribution in [0.4, 0.5) is 5.82 Å². The van der Waals surface area contributed by atoms with Gasteiger partial charge >= 0.3 is 0 Å². The molecule has 0 radical (unpaired) electrons. The van der Waals surface area contributed by atoms with Crippen molar-refractivity contribution in [3.05, 3.63) is 54.0 Å². The van der Waals surface area contributed by atoms with E-state index in [0.29, 0.717) is 26.2 Å². The van der Waals surface area contributed by atoms with Crippen molar-refractivity contribution >= 4 is 27.1 Å². The monoisotopic (exact) mass is 426 g/mol. The van der Waals surface area contributed by atoms with Gasteiger partial charge in [0, 0.05) is 39.4 Å². The van der Waals surface area contributed by atoms with Crippen LogP contribution in [-0.2, 0) is 16.8 Å². The van der Waals surface area contributed by atoms with Crippen molar-refractivity contribution in [3.63, 3.8) is 0 Å². The number of nitrogens with zero attached hydrogens (tertiary/aromatic N) is 5. The van der Waals surface area contributed by atoms with E-state index < -0.39 is 10.2 Å². The average Bonchev–Trinajstić information content (AvgIpc) is 3.29. The van der Waals surface area contributed by atoms with E-state index in [1.807, 2.05) is 43.5 Å². The van der Waals surface area contributed by atoms with Gasteiger partial charge in [-0.2, -0.15) is 17.0 Å². The van der Waals surface area contributed by atoms with Crippen LogP contribution in [0.5, 0.6) is 0 Å². The summed E-state index contributed by atoms with van der Waals surface area (Å²) in [5.41, 5.74) is 2.59. The second-order valence-electron chi connectivity index (χ2n) is 8.41. The van der Waals surface area contributed by atoms with Crippen molar-refractivity contribution in [1.82, 2.24) is 23.6 Å². The number of anilines is 1. The molecule has 3 aromatic rings. The largest absolute Gasteiger partial charge is 0.353 e. The van der Waals surface area contributed by atoms with Crippen molar-refractivity contribution in [3.8, 4) is 0 Å². The number of benzene rings is 1. The Balaban J connectivity index is 1.37. The van der Waals surface area contributed by atoms with Gasteiger partial charge in [-0.05, 0) is 31.4 Å². The van der Waals surface area contributed by atoms with Crippen molar-refractivity contribution < 1.29 is 8.42 Å². The Morgan fingerprint density at radius 1 is 1.20 bits per heavy atom. The highest BCUT2D eigenvalue weighted by Gasteiger charge is 2.56. The summed E-state index contributed by atoms with van der Waals surface area (Å²) in [6.07, 6.45) is 5.17. The first-order chi connectivity index (χ1) is 14.4. The van der Waals surface area contributed by atoms with Gasteiger partial charge in [-0.25, -0.2) is 9.97 Å². The number of rotatable bonds is 5. The van der Waals surface area contributed by atoms with Crippen molar-refractivity contribution in [2.24, 2.45) is 0 Å². The maximum Gasteiger partial charge on any atom is 0.282 e. The standard InChI is InChI=1S/C21H26N6O2S/c1-16-4-3-5-17(12-16)13-25(2)30(28,29)27-11-10-26(14-21(27)7-8-21)20-18-6-9-22-19(18)23-15-24-20/h3-6,9,12,15H,7-8,10-11,13-14H2,1-2H3,(H,22,23,24). The lowest BCUT2D eigenvalue weighted by atomic mass is 10.1. The summed E-state index contributed by atoms with van der Waals surface area (Å²) in [5.74, 6) is 0.873. The van der Waals surface area contributed by atoms with Crippen molar-refractivity contribution in [2.45, 2.75) is 31.8 Å². The molecule has 1 saturated carbocycles. The van der Waals surface area contributed by atoms with Crippen LogP contribution in [0.3, 0.4) is 0 Å². The fourth-order valence-electron chi connectivity index (χ4n) is 4.48. The van der Waals surface area contributed by atoms with E-state index in [-0.39, 0.29) is 5.54 Å². The zero-order valence-corrected chi connectivity index (χ0v) is 18.1. The maximum absolute atomic E-state index is 13.4. The SMILES string of the molecule is Cc1cccc(CN(C)S(=O)(=O)N2CCN(c3ncnc4[nH]ccc34)CC23CC3)c1. The summed E-state index contributed by atoms with van der Waals surface area (Å²) in [7, 11) is -1.88. The van der Waals surface area contributed by atoms with Gasteiger partial charge in [0.1, 0.15) is 17.8 Å². The van der Waals surface area contributed by atoms with E-state index in [4.69, 9.17) is 0 Å². The van der Waals surface area contributed by atoms with Crippen LogP contribution in [0.25, 0.3) is 11.0 Å². The maximum atomic E-state index is 13.4. The number of fused-ring (bicyclic) bond motifs is 1. The average molecular weight is 427 g/mol. The van der Waals surface area contributed by atoms with E-state index in [0.717, 1.165) is 40.8 Å². The summed E-state index contributed by atoms with van der Waals surface area (Å²) < 4.78 is 30.1. The van der Waals surface area contributed by atoms with Crippen molar-refractivity contribution in [2.75, 3.05) is 31.6 Å². The van der Waals surface area contributed by atoms with E-state index >= 15 is 0 Å². The summed E-state index contributed by atoms with van der Waals surface area (Å²) >= 11 is 0. The zero-order chi connectivity index (χ0) is 20.9. The third kappa shape index (κ3) is 3.27. The van der Waals surface area contributed by atoms with E-state index in [2.05, 4.69) is 19.9 Å². The van der Waals surface area contributed by atoms with Crippen LogP contribution in [0.2, 0.25) is 0 Å². The number of piperazine rings is 1. The molecule has 2 fully saturated rings. The molecule has 1 aromatic carbocycles. The van der Waals surface area contributed by atoms with Crippen LogP contribution >= 0.6 is 0 Å². The molecule has 2 aromatic heterocycles. The van der Waals surface area contributed by atoms with Gasteiger partial charge in [0.2, 0.25) is 0 Å². The van der Waals surface area contributed by atoms with E-state index in [1.165, 1.54) is 4.31 Å². The molecule has 0 unspecified atom stereocenters. The molecule has 1 aliphatic heterocycles. The normalized spacial score (nSPS) is 19.1. The molecule has 8 nitrogen and oxygen atoms in total. The Bertz CT molecular complexity index is 1190. The molecule has 30 heavy (non-hydrogen) atoms. The molecule has 3 heterocycles. The van der Waals surface area contributed by atoms with Gasteiger partial charge < -0.3 is 9.88 Å². The lowest BCUT2D eigenvalue weighted by Crippen LogP contribution is -2.59. The minimum Gasteiger partial charge on any atom is -0.353 e. The van der Waals surface area contributed by atoms with Gasteiger partial charge in [-0.3, -0.25) is 0 Å². The molecule has 9 heteroatoms. The first-order valence-electron chi connectivity index (χ1n) is 10.2. The Morgan fingerprint density at radius 2 is 2.03 bits per heavy atom. The molecule has 158 valence electrons. The lowest BCUT2D eigenvalue weighted by molar-refractivity contribution is 0.250. The molecule has 0 bridgehead atoms. The van der Waals surface area contributed by atoms with Crippen molar-refractivity contribution in [1.29, 1.82) is 0 Å². The number of aromatic amines is 1. The van der Waals surface area contributed by atoms with Crippen LogP contribution in [-0.4, -0.2) is 64.2 Å². The number of hydrogen-bond donors (Lipinski definition) is 1.